The van der Waals surface area contributed by atoms with E-state index in [0.717, 1.165) is 5.56 Å². The molecule has 0 radical (unpaired) electrons. The van der Waals surface area contributed by atoms with Gasteiger partial charge in [0.2, 0.25) is 5.16 Å². The zero-order chi connectivity index (χ0) is 18.0. The number of anilines is 1. The summed E-state index contributed by atoms with van der Waals surface area (Å²) in [6.07, 6.45) is 0. The Morgan fingerprint density at radius 3 is 2.72 bits per heavy atom. The number of benzene rings is 1. The molecule has 1 aromatic carbocycles. The summed E-state index contributed by atoms with van der Waals surface area (Å²) < 4.78 is 26.8. The first-order chi connectivity index (χ1) is 11.9. The predicted molar refractivity (Wildman–Crippen MR) is 94.0 cm³/mol. The molecular weight excluding hydrogens is 344 g/mol. The lowest BCUT2D eigenvalue weighted by Gasteiger charge is -2.08. The van der Waals surface area contributed by atoms with Crippen molar-refractivity contribution in [2.45, 2.75) is 11.7 Å². The molecule has 0 spiro atoms. The molecule has 0 aliphatic heterocycles. The summed E-state index contributed by atoms with van der Waals surface area (Å²) in [5.41, 5.74) is 6.88. The number of nitrogens with one attached hydrogen (secondary N) is 2. The molecule has 0 amide bonds. The summed E-state index contributed by atoms with van der Waals surface area (Å²) in [5, 5.41) is -0.199. The fourth-order valence-electron chi connectivity index (χ4n) is 2.38. The number of aromatic amines is 1. The van der Waals surface area contributed by atoms with Gasteiger partial charge in [-0.05, 0) is 5.56 Å². The van der Waals surface area contributed by atoms with Gasteiger partial charge in [0, 0.05) is 7.11 Å². The molecule has 0 aliphatic carbocycles. The first kappa shape index (κ1) is 17.1. The number of H-pyrrole nitrogens is 1. The maximum Gasteiger partial charge on any atom is 0.328 e. The van der Waals surface area contributed by atoms with E-state index in [0.29, 0.717) is 0 Å². The summed E-state index contributed by atoms with van der Waals surface area (Å²) in [4.78, 5) is 23.0. The van der Waals surface area contributed by atoms with Crippen molar-refractivity contribution in [1.29, 1.82) is 4.78 Å². The molecule has 3 aromatic rings. The van der Waals surface area contributed by atoms with Gasteiger partial charge in [-0.2, -0.15) is 4.98 Å². The van der Waals surface area contributed by atoms with E-state index in [9.17, 15) is 9.00 Å². The average Bonchev–Trinajstić information content (AvgIpc) is 2.91. The van der Waals surface area contributed by atoms with Crippen molar-refractivity contribution in [1.82, 2.24) is 19.5 Å². The number of ether oxygens (including phenoxy) is 1. The lowest BCUT2D eigenvalue weighted by atomic mass is 10.2. The van der Waals surface area contributed by atoms with Crippen LogP contribution in [-0.4, -0.2) is 43.2 Å². The number of fused-ring (bicyclic) bond motifs is 1. The highest BCUT2D eigenvalue weighted by atomic mass is 32.2. The molecule has 4 N–H and O–H groups in total. The minimum absolute atomic E-state index is 0.0127. The molecule has 0 aliphatic rings. The zero-order valence-corrected chi connectivity index (χ0v) is 14.4. The Morgan fingerprint density at radius 1 is 1.32 bits per heavy atom. The van der Waals surface area contributed by atoms with Crippen molar-refractivity contribution in [2.24, 2.45) is 0 Å². The first-order valence-electron chi connectivity index (χ1n) is 7.48. The van der Waals surface area contributed by atoms with Crippen molar-refractivity contribution in [3.8, 4) is 0 Å². The molecule has 132 valence electrons. The van der Waals surface area contributed by atoms with E-state index in [1.54, 1.807) is 0 Å². The molecule has 0 saturated heterocycles. The van der Waals surface area contributed by atoms with Crippen LogP contribution < -0.4 is 11.4 Å². The van der Waals surface area contributed by atoms with Gasteiger partial charge in [0.25, 0.3) is 0 Å². The second-order valence-corrected chi connectivity index (χ2v) is 7.59. The third-order valence-corrected chi connectivity index (χ3v) is 5.20. The SMILES string of the molecule is COCC[S@](=N)(=O)c1nc(N)c2[nH]c(=O)n(Cc3ccccc3)c2n1. The topological polar surface area (TPSA) is 140 Å². The van der Waals surface area contributed by atoms with Crippen molar-refractivity contribution in [3.63, 3.8) is 0 Å². The van der Waals surface area contributed by atoms with Gasteiger partial charge in [-0.1, -0.05) is 30.3 Å². The average molecular weight is 362 g/mol. The molecule has 2 heterocycles. The fraction of sp³-hybridized carbons (Fsp3) is 0.267. The Hall–Kier alpha value is -2.72. The number of aromatic nitrogens is 4. The van der Waals surface area contributed by atoms with Crippen molar-refractivity contribution < 1.29 is 8.95 Å². The number of nitrogens with two attached hydrogens (primary N) is 1. The van der Waals surface area contributed by atoms with Crippen LogP contribution in [0.1, 0.15) is 5.56 Å². The van der Waals surface area contributed by atoms with Gasteiger partial charge >= 0.3 is 5.69 Å². The number of rotatable bonds is 6. The van der Waals surface area contributed by atoms with Crippen LogP contribution in [-0.2, 0) is 21.0 Å². The van der Waals surface area contributed by atoms with Crippen LogP contribution in [0.5, 0.6) is 0 Å². The summed E-state index contributed by atoms with van der Waals surface area (Å²) in [7, 11) is -1.82. The summed E-state index contributed by atoms with van der Waals surface area (Å²) in [5.74, 6) is -0.0665. The molecule has 0 unspecified atom stereocenters. The van der Waals surface area contributed by atoms with Crippen molar-refractivity contribution >= 4 is 26.7 Å². The highest BCUT2D eigenvalue weighted by molar-refractivity contribution is 7.92. The van der Waals surface area contributed by atoms with Gasteiger partial charge in [0.05, 0.1) is 18.9 Å². The predicted octanol–water partition coefficient (Wildman–Crippen LogP) is 0.802. The maximum absolute atomic E-state index is 12.5. The summed E-state index contributed by atoms with van der Waals surface area (Å²) >= 11 is 0. The first-order valence-corrected chi connectivity index (χ1v) is 9.20. The molecular formula is C15H18N6O3S. The van der Waals surface area contributed by atoms with Crippen LogP contribution in [0.25, 0.3) is 11.2 Å². The Bertz CT molecular complexity index is 1060. The molecule has 2 aromatic heterocycles. The third kappa shape index (κ3) is 3.39. The number of methoxy groups -OCH3 is 1. The van der Waals surface area contributed by atoms with E-state index in [2.05, 4.69) is 15.0 Å². The minimum atomic E-state index is -3.27. The minimum Gasteiger partial charge on any atom is -0.384 e. The van der Waals surface area contributed by atoms with E-state index in [4.69, 9.17) is 15.3 Å². The van der Waals surface area contributed by atoms with Crippen LogP contribution in [0.4, 0.5) is 5.82 Å². The number of nitrogen functional groups attached to an aromatic ring is 1. The van der Waals surface area contributed by atoms with Crippen molar-refractivity contribution in [2.75, 3.05) is 25.2 Å². The molecule has 1 atom stereocenters. The molecule has 0 saturated carbocycles. The van der Waals surface area contributed by atoms with E-state index >= 15 is 0 Å². The normalized spacial score (nSPS) is 13.8. The molecule has 0 fully saturated rings. The molecule has 25 heavy (non-hydrogen) atoms. The highest BCUT2D eigenvalue weighted by Gasteiger charge is 2.20. The van der Waals surface area contributed by atoms with Crippen LogP contribution >= 0.6 is 0 Å². The molecule has 10 heteroatoms. The smallest absolute Gasteiger partial charge is 0.328 e. The van der Waals surface area contributed by atoms with Gasteiger partial charge in [0.1, 0.15) is 15.2 Å². The quantitative estimate of drug-likeness (QED) is 0.554. The van der Waals surface area contributed by atoms with E-state index in [1.807, 2.05) is 30.3 Å². The summed E-state index contributed by atoms with van der Waals surface area (Å²) in [6, 6.07) is 9.37. The van der Waals surface area contributed by atoms with E-state index < -0.39 is 15.4 Å². The van der Waals surface area contributed by atoms with Gasteiger partial charge in [-0.3, -0.25) is 4.57 Å². The molecule has 3 rings (SSSR count). The largest absolute Gasteiger partial charge is 0.384 e. The van der Waals surface area contributed by atoms with Crippen LogP contribution in [0.3, 0.4) is 0 Å². The standard InChI is InChI=1S/C15H18N6O3S/c1-24-7-8-25(17,23)14-19-12(16)11-13(20-14)21(15(22)18-11)9-10-5-3-2-4-6-10/h2-6,17H,7-9H2,1H3,(H,18,22)(H2,16,19,20)/t25-/m0/s1. The highest BCUT2D eigenvalue weighted by Crippen LogP contribution is 2.18. The second kappa shape index (κ2) is 6.65. The zero-order valence-electron chi connectivity index (χ0n) is 13.6. The number of hydrogen-bond donors (Lipinski definition) is 3. The maximum atomic E-state index is 12.5. The number of hydrogen-bond acceptors (Lipinski definition) is 7. The van der Waals surface area contributed by atoms with Crippen LogP contribution in [0.2, 0.25) is 0 Å². The Balaban J connectivity index is 2.13. The lowest BCUT2D eigenvalue weighted by Crippen LogP contribution is -2.18. The fourth-order valence-corrected chi connectivity index (χ4v) is 3.45. The van der Waals surface area contributed by atoms with E-state index in [-0.39, 0.29) is 41.0 Å². The number of nitrogens with zero attached hydrogens (tertiary/aromatic N) is 3. The molecule has 9 nitrogen and oxygen atoms in total. The number of imidazole rings is 1. The lowest BCUT2D eigenvalue weighted by molar-refractivity contribution is 0.217. The van der Waals surface area contributed by atoms with Crippen LogP contribution in [0, 0.1) is 4.78 Å². The third-order valence-electron chi connectivity index (χ3n) is 3.68. The monoisotopic (exact) mass is 362 g/mol. The summed E-state index contributed by atoms with van der Waals surface area (Å²) in [6.45, 7) is 0.403. The van der Waals surface area contributed by atoms with Gasteiger partial charge in [-0.15, -0.1) is 0 Å². The Morgan fingerprint density at radius 2 is 2.04 bits per heavy atom. The van der Waals surface area contributed by atoms with Crippen LogP contribution in [0.15, 0.2) is 40.3 Å². The van der Waals surface area contributed by atoms with Gasteiger partial charge in [0.15, 0.2) is 11.5 Å². The second-order valence-electron chi connectivity index (χ2n) is 5.46. The van der Waals surface area contributed by atoms with Gasteiger partial charge < -0.3 is 15.5 Å². The Kier molecular flexibility index (Phi) is 4.55. The molecule has 0 bridgehead atoms. The van der Waals surface area contributed by atoms with E-state index in [1.165, 1.54) is 11.7 Å². The van der Waals surface area contributed by atoms with Gasteiger partial charge in [-0.25, -0.2) is 18.8 Å². The van der Waals surface area contributed by atoms with Crippen molar-refractivity contribution in [3.05, 3.63) is 46.4 Å². The Labute approximate surface area is 143 Å².